The highest BCUT2D eigenvalue weighted by atomic mass is 79.9. The highest BCUT2D eigenvalue weighted by molar-refractivity contribution is 9.10. The van der Waals surface area contributed by atoms with E-state index < -0.39 is 0 Å². The van der Waals surface area contributed by atoms with Gasteiger partial charge >= 0.3 is 0 Å². The Hall–Kier alpha value is -1.03. The first kappa shape index (κ1) is 14.4. The maximum Gasteiger partial charge on any atom is 0.196 e. The number of halogens is 3. The van der Waals surface area contributed by atoms with Crippen molar-refractivity contribution in [3.05, 3.63) is 62.0 Å². The molecule has 0 aliphatic carbocycles. The van der Waals surface area contributed by atoms with Crippen LogP contribution in [0.2, 0.25) is 10.0 Å². The number of ketones is 1. The SMILES string of the molecule is COc1ccc(C(=O)c2cc(Br)ccc2Cl)c(Cl)c1. The lowest BCUT2D eigenvalue weighted by Crippen LogP contribution is -2.03. The second-order valence-electron chi connectivity index (χ2n) is 3.80. The van der Waals surface area contributed by atoms with E-state index in [9.17, 15) is 4.79 Å². The monoisotopic (exact) mass is 358 g/mol. The molecule has 2 nitrogen and oxygen atoms in total. The van der Waals surface area contributed by atoms with E-state index in [2.05, 4.69) is 15.9 Å². The van der Waals surface area contributed by atoms with Gasteiger partial charge in [-0.1, -0.05) is 39.1 Å². The maximum absolute atomic E-state index is 12.4. The smallest absolute Gasteiger partial charge is 0.196 e. The summed E-state index contributed by atoms with van der Waals surface area (Å²) in [4.78, 5) is 12.4. The van der Waals surface area contributed by atoms with Crippen molar-refractivity contribution < 1.29 is 9.53 Å². The van der Waals surface area contributed by atoms with Gasteiger partial charge in [-0.25, -0.2) is 0 Å². The van der Waals surface area contributed by atoms with Gasteiger partial charge in [0.25, 0.3) is 0 Å². The molecule has 0 heterocycles. The van der Waals surface area contributed by atoms with Crippen LogP contribution in [0.25, 0.3) is 0 Å². The third kappa shape index (κ3) is 3.11. The Labute approximate surface area is 129 Å². The van der Waals surface area contributed by atoms with Crippen LogP contribution in [0.5, 0.6) is 5.75 Å². The number of hydrogen-bond donors (Lipinski definition) is 0. The van der Waals surface area contributed by atoms with E-state index in [0.717, 1.165) is 4.47 Å². The molecule has 0 aromatic heterocycles. The van der Waals surface area contributed by atoms with Gasteiger partial charge < -0.3 is 4.74 Å². The Morgan fingerprint density at radius 1 is 1.05 bits per heavy atom. The normalized spacial score (nSPS) is 10.3. The van der Waals surface area contributed by atoms with Gasteiger partial charge in [-0.15, -0.1) is 0 Å². The van der Waals surface area contributed by atoms with Gasteiger partial charge in [-0.3, -0.25) is 4.79 Å². The van der Waals surface area contributed by atoms with Crippen molar-refractivity contribution in [2.24, 2.45) is 0 Å². The number of methoxy groups -OCH3 is 1. The molecule has 98 valence electrons. The van der Waals surface area contributed by atoms with Crippen molar-refractivity contribution in [3.8, 4) is 5.75 Å². The summed E-state index contributed by atoms with van der Waals surface area (Å²) < 4.78 is 5.83. The Kier molecular flexibility index (Phi) is 4.50. The molecule has 2 aromatic carbocycles. The predicted octanol–water partition coefficient (Wildman–Crippen LogP) is 5.00. The van der Waals surface area contributed by atoms with Crippen molar-refractivity contribution in [1.29, 1.82) is 0 Å². The van der Waals surface area contributed by atoms with Gasteiger partial charge in [0.05, 0.1) is 17.2 Å². The van der Waals surface area contributed by atoms with Crippen LogP contribution >= 0.6 is 39.1 Å². The zero-order valence-corrected chi connectivity index (χ0v) is 13.0. The van der Waals surface area contributed by atoms with Crippen LogP contribution in [0.3, 0.4) is 0 Å². The Balaban J connectivity index is 2.47. The van der Waals surface area contributed by atoms with Crippen molar-refractivity contribution in [1.82, 2.24) is 0 Å². The van der Waals surface area contributed by atoms with Gasteiger partial charge in [-0.05, 0) is 36.4 Å². The molecule has 0 atom stereocenters. The van der Waals surface area contributed by atoms with E-state index in [-0.39, 0.29) is 5.78 Å². The second kappa shape index (κ2) is 5.95. The van der Waals surface area contributed by atoms with Gasteiger partial charge in [0.1, 0.15) is 5.75 Å². The van der Waals surface area contributed by atoms with E-state index in [1.54, 1.807) is 43.5 Å². The first-order valence-corrected chi connectivity index (χ1v) is 6.91. The fraction of sp³-hybridized carbons (Fsp3) is 0.0714. The fourth-order valence-electron chi connectivity index (χ4n) is 1.62. The number of rotatable bonds is 3. The zero-order valence-electron chi connectivity index (χ0n) is 9.91. The minimum atomic E-state index is -0.223. The molecule has 0 radical (unpaired) electrons. The predicted molar refractivity (Wildman–Crippen MR) is 80.6 cm³/mol. The fourth-order valence-corrected chi connectivity index (χ4v) is 2.44. The molecule has 0 unspecified atom stereocenters. The lowest BCUT2D eigenvalue weighted by Gasteiger charge is -2.07. The number of carbonyl (C=O) groups excluding carboxylic acids is 1. The van der Waals surface area contributed by atoms with Crippen molar-refractivity contribution in [3.63, 3.8) is 0 Å². The molecule has 2 rings (SSSR count). The van der Waals surface area contributed by atoms with Crippen LogP contribution in [0.15, 0.2) is 40.9 Å². The average molecular weight is 360 g/mol. The minimum Gasteiger partial charge on any atom is -0.497 e. The third-order valence-electron chi connectivity index (χ3n) is 2.59. The molecule has 0 bridgehead atoms. The van der Waals surface area contributed by atoms with Crippen LogP contribution < -0.4 is 4.74 Å². The standard InChI is InChI=1S/C14H9BrCl2O2/c1-19-9-3-4-10(13(17)7-9)14(18)11-6-8(15)2-5-12(11)16/h2-7H,1H3. The van der Waals surface area contributed by atoms with Gasteiger partial charge in [-0.2, -0.15) is 0 Å². The summed E-state index contributed by atoms with van der Waals surface area (Å²) in [5.74, 6) is 0.376. The van der Waals surface area contributed by atoms with E-state index in [1.165, 1.54) is 0 Å². The summed E-state index contributed by atoms with van der Waals surface area (Å²) in [7, 11) is 1.54. The molecular weight excluding hydrogens is 351 g/mol. The summed E-state index contributed by atoms with van der Waals surface area (Å²) >= 11 is 15.4. The molecule has 0 fully saturated rings. The maximum atomic E-state index is 12.4. The first-order chi connectivity index (χ1) is 9.02. The second-order valence-corrected chi connectivity index (χ2v) is 5.53. The molecular formula is C14H9BrCl2O2. The summed E-state index contributed by atoms with van der Waals surface area (Å²) in [6.07, 6.45) is 0. The third-order valence-corrected chi connectivity index (χ3v) is 3.73. The largest absolute Gasteiger partial charge is 0.497 e. The number of hydrogen-bond acceptors (Lipinski definition) is 2. The highest BCUT2D eigenvalue weighted by Gasteiger charge is 2.16. The summed E-state index contributed by atoms with van der Waals surface area (Å²) in [6, 6.07) is 10.0. The molecule has 0 N–H and O–H groups in total. The lowest BCUT2D eigenvalue weighted by atomic mass is 10.0. The van der Waals surface area contributed by atoms with Crippen molar-refractivity contribution >= 4 is 44.9 Å². The first-order valence-electron chi connectivity index (χ1n) is 5.36. The minimum absolute atomic E-state index is 0.223. The zero-order chi connectivity index (χ0) is 14.0. The molecule has 2 aromatic rings. The molecule has 19 heavy (non-hydrogen) atoms. The van der Waals surface area contributed by atoms with E-state index in [1.807, 2.05) is 0 Å². The van der Waals surface area contributed by atoms with Crippen molar-refractivity contribution in [2.75, 3.05) is 7.11 Å². The highest BCUT2D eigenvalue weighted by Crippen LogP contribution is 2.28. The Morgan fingerprint density at radius 3 is 2.42 bits per heavy atom. The molecule has 0 aliphatic rings. The Morgan fingerprint density at radius 2 is 1.79 bits per heavy atom. The van der Waals surface area contributed by atoms with Crippen LogP contribution in [0.4, 0.5) is 0 Å². The van der Waals surface area contributed by atoms with Gasteiger partial charge in [0.15, 0.2) is 5.78 Å². The van der Waals surface area contributed by atoms with Crippen LogP contribution in [0.1, 0.15) is 15.9 Å². The van der Waals surface area contributed by atoms with Gasteiger partial charge in [0.2, 0.25) is 0 Å². The van der Waals surface area contributed by atoms with E-state index in [0.29, 0.717) is 26.9 Å². The van der Waals surface area contributed by atoms with Crippen molar-refractivity contribution in [2.45, 2.75) is 0 Å². The topological polar surface area (TPSA) is 26.3 Å². The summed E-state index contributed by atoms with van der Waals surface area (Å²) in [5, 5.41) is 0.723. The summed E-state index contributed by atoms with van der Waals surface area (Å²) in [6.45, 7) is 0. The molecule has 5 heteroatoms. The van der Waals surface area contributed by atoms with Crippen LogP contribution in [-0.4, -0.2) is 12.9 Å². The molecule has 0 saturated heterocycles. The number of carbonyl (C=O) groups is 1. The molecule has 0 saturated carbocycles. The molecule has 0 aliphatic heterocycles. The summed E-state index contributed by atoms with van der Waals surface area (Å²) in [5.41, 5.74) is 0.797. The van der Waals surface area contributed by atoms with E-state index in [4.69, 9.17) is 27.9 Å². The van der Waals surface area contributed by atoms with Gasteiger partial charge in [0, 0.05) is 15.6 Å². The lowest BCUT2D eigenvalue weighted by molar-refractivity contribution is 0.103. The van der Waals surface area contributed by atoms with E-state index >= 15 is 0 Å². The number of ether oxygens (including phenoxy) is 1. The van der Waals surface area contributed by atoms with Crippen LogP contribution in [-0.2, 0) is 0 Å². The molecule has 0 spiro atoms. The Bertz CT molecular complexity index is 641. The van der Waals surface area contributed by atoms with Crippen LogP contribution in [0, 0.1) is 0 Å². The average Bonchev–Trinajstić information content (AvgIpc) is 2.40. The number of benzene rings is 2. The quantitative estimate of drug-likeness (QED) is 0.721. The molecule has 0 amide bonds.